The maximum atomic E-state index is 14.6. The first kappa shape index (κ1) is 20.0. The van der Waals surface area contributed by atoms with Gasteiger partial charge in [-0.1, -0.05) is 19.9 Å². The van der Waals surface area contributed by atoms with E-state index in [1.807, 2.05) is 24.8 Å². The number of halogens is 1. The van der Waals surface area contributed by atoms with Crippen molar-refractivity contribution in [3.8, 4) is 0 Å². The molecule has 31 heavy (non-hydrogen) atoms. The number of carbonyl (C=O) groups is 1. The molecule has 0 spiro atoms. The van der Waals surface area contributed by atoms with Gasteiger partial charge in [0.25, 0.3) is 0 Å². The number of hydrogen-bond acceptors (Lipinski definition) is 7. The lowest BCUT2D eigenvalue weighted by atomic mass is 10.0. The molecule has 0 saturated carbocycles. The number of anilines is 2. The van der Waals surface area contributed by atoms with E-state index in [9.17, 15) is 9.18 Å². The van der Waals surface area contributed by atoms with Crippen LogP contribution in [0.2, 0.25) is 0 Å². The van der Waals surface area contributed by atoms with Crippen LogP contribution in [0.25, 0.3) is 26.0 Å². The van der Waals surface area contributed by atoms with Gasteiger partial charge in [0, 0.05) is 23.9 Å². The number of benzene rings is 1. The molecule has 1 aromatic carbocycles. The molecular weight excluding hydrogens is 433 g/mol. The number of thiophene rings is 1. The molecule has 0 unspecified atom stereocenters. The minimum atomic E-state index is -0.344. The van der Waals surface area contributed by atoms with Gasteiger partial charge < -0.3 is 10.2 Å². The van der Waals surface area contributed by atoms with E-state index >= 15 is 0 Å². The van der Waals surface area contributed by atoms with Gasteiger partial charge in [-0.3, -0.25) is 4.79 Å². The number of nitrogens with zero attached hydrogens (tertiary/aromatic N) is 4. The molecule has 0 fully saturated rings. The normalized spacial score (nSPS) is 14.5. The molecule has 1 aliphatic rings. The van der Waals surface area contributed by atoms with Gasteiger partial charge in [0.1, 0.15) is 22.8 Å². The topological polar surface area (TPSA) is 71.0 Å². The molecule has 4 heterocycles. The Balaban J connectivity index is 1.44. The molecule has 1 aliphatic heterocycles. The molecule has 0 atom stereocenters. The molecule has 0 bridgehead atoms. The van der Waals surface area contributed by atoms with E-state index < -0.39 is 0 Å². The molecule has 5 rings (SSSR count). The molecule has 0 saturated heterocycles. The van der Waals surface area contributed by atoms with Crippen LogP contribution in [0.5, 0.6) is 0 Å². The lowest BCUT2D eigenvalue weighted by Crippen LogP contribution is -2.37. The summed E-state index contributed by atoms with van der Waals surface area (Å²) in [4.78, 5) is 29.1. The van der Waals surface area contributed by atoms with Gasteiger partial charge in [-0.15, -0.1) is 22.7 Å². The predicted octanol–water partition coefficient (Wildman–Crippen LogP) is 5.46. The van der Waals surface area contributed by atoms with Gasteiger partial charge in [0.15, 0.2) is 0 Å². The van der Waals surface area contributed by atoms with E-state index in [-0.39, 0.29) is 17.6 Å². The van der Waals surface area contributed by atoms with E-state index in [0.29, 0.717) is 24.6 Å². The highest BCUT2D eigenvalue weighted by atomic mass is 32.1. The largest absolute Gasteiger partial charge is 0.338 e. The first-order valence-electron chi connectivity index (χ1n) is 10.0. The highest BCUT2D eigenvalue weighted by Gasteiger charge is 2.21. The second-order valence-corrected chi connectivity index (χ2v) is 9.66. The van der Waals surface area contributed by atoms with E-state index in [1.54, 1.807) is 22.9 Å². The molecule has 1 amide bonds. The molecular formula is C22H20FN5OS2. The Morgan fingerprint density at radius 2 is 2.10 bits per heavy atom. The average Bonchev–Trinajstić information content (AvgIpc) is 3.40. The second-order valence-electron chi connectivity index (χ2n) is 7.75. The SMILES string of the molecule is CC(C)C(=O)N1CC=C(c2cc3c(Nc4cc5ncsc5cc4F)ncnc3s2)CC1. The third-order valence-corrected chi connectivity index (χ3v) is 7.24. The zero-order chi connectivity index (χ0) is 21.5. The minimum absolute atomic E-state index is 0.00656. The van der Waals surface area contributed by atoms with Crippen LogP contribution in [-0.2, 0) is 4.79 Å². The van der Waals surface area contributed by atoms with Crippen LogP contribution < -0.4 is 5.32 Å². The zero-order valence-corrected chi connectivity index (χ0v) is 18.7. The van der Waals surface area contributed by atoms with Gasteiger partial charge in [-0.2, -0.15) is 0 Å². The van der Waals surface area contributed by atoms with Gasteiger partial charge in [0.05, 0.1) is 26.8 Å². The summed E-state index contributed by atoms with van der Waals surface area (Å²) in [6.45, 7) is 5.19. The highest BCUT2D eigenvalue weighted by molar-refractivity contribution is 7.19. The fourth-order valence-corrected chi connectivity index (χ4v) is 5.42. The quantitative estimate of drug-likeness (QED) is 0.445. The molecule has 9 heteroatoms. The molecule has 3 aromatic heterocycles. The van der Waals surface area contributed by atoms with Gasteiger partial charge in [-0.25, -0.2) is 19.3 Å². The molecule has 1 N–H and O–H groups in total. The van der Waals surface area contributed by atoms with E-state index in [0.717, 1.165) is 31.7 Å². The van der Waals surface area contributed by atoms with Crippen molar-refractivity contribution in [2.24, 2.45) is 5.92 Å². The van der Waals surface area contributed by atoms with Crippen molar-refractivity contribution < 1.29 is 9.18 Å². The molecule has 158 valence electrons. The van der Waals surface area contributed by atoms with Crippen molar-refractivity contribution in [3.63, 3.8) is 0 Å². The Morgan fingerprint density at radius 3 is 2.87 bits per heavy atom. The van der Waals surface area contributed by atoms with E-state index in [2.05, 4.69) is 26.3 Å². The average molecular weight is 454 g/mol. The van der Waals surface area contributed by atoms with Crippen LogP contribution in [0.15, 0.2) is 36.1 Å². The van der Waals surface area contributed by atoms with Crippen molar-refractivity contribution in [3.05, 3.63) is 46.8 Å². The third kappa shape index (κ3) is 3.79. The predicted molar refractivity (Wildman–Crippen MR) is 124 cm³/mol. The van der Waals surface area contributed by atoms with Gasteiger partial charge in [-0.05, 0) is 30.2 Å². The number of carbonyl (C=O) groups excluding carboxylic acids is 1. The summed E-state index contributed by atoms with van der Waals surface area (Å²) in [7, 11) is 0. The standard InChI is InChI=1S/C22H20FN5OS2/c1-12(2)22(29)28-5-3-13(4-6-28)18-7-14-20(24-10-25-21(14)31-18)27-16-9-17-19(8-15(16)23)30-11-26-17/h3,7-12H,4-6H2,1-2H3,(H,24,25,27). The van der Waals surface area contributed by atoms with Crippen LogP contribution in [0, 0.1) is 11.7 Å². The summed E-state index contributed by atoms with van der Waals surface area (Å²) in [5, 5.41) is 3.97. The van der Waals surface area contributed by atoms with Crippen LogP contribution >= 0.6 is 22.7 Å². The first-order valence-corrected chi connectivity index (χ1v) is 11.7. The summed E-state index contributed by atoms with van der Waals surface area (Å²) in [6, 6.07) is 5.24. The van der Waals surface area contributed by atoms with Crippen molar-refractivity contribution in [2.45, 2.75) is 20.3 Å². The number of nitrogens with one attached hydrogen (secondary N) is 1. The lowest BCUT2D eigenvalue weighted by Gasteiger charge is -2.27. The number of thiazole rings is 1. The fourth-order valence-electron chi connectivity index (χ4n) is 3.67. The third-order valence-electron chi connectivity index (χ3n) is 5.33. The Kier molecular flexibility index (Phi) is 5.15. The Labute approximate surface area is 186 Å². The fraction of sp³-hybridized carbons (Fsp3) is 0.273. The Hall–Kier alpha value is -2.91. The Bertz CT molecular complexity index is 1330. The number of fused-ring (bicyclic) bond motifs is 2. The maximum Gasteiger partial charge on any atom is 0.225 e. The van der Waals surface area contributed by atoms with Crippen LogP contribution in [0.4, 0.5) is 15.9 Å². The van der Waals surface area contributed by atoms with Gasteiger partial charge in [0.2, 0.25) is 5.91 Å². The summed E-state index contributed by atoms with van der Waals surface area (Å²) >= 11 is 2.99. The monoisotopic (exact) mass is 453 g/mol. The highest BCUT2D eigenvalue weighted by Crippen LogP contribution is 2.36. The van der Waals surface area contributed by atoms with Crippen LogP contribution in [-0.4, -0.2) is 38.8 Å². The summed E-state index contributed by atoms with van der Waals surface area (Å²) in [5.74, 6) is 0.410. The van der Waals surface area contributed by atoms with Crippen molar-refractivity contribution >= 4 is 66.1 Å². The van der Waals surface area contributed by atoms with Crippen LogP contribution in [0.1, 0.15) is 25.1 Å². The summed E-state index contributed by atoms with van der Waals surface area (Å²) in [5.41, 5.74) is 4.00. The summed E-state index contributed by atoms with van der Waals surface area (Å²) < 4.78 is 15.4. The number of aromatic nitrogens is 3. The number of hydrogen-bond donors (Lipinski definition) is 1. The van der Waals surface area contributed by atoms with Crippen LogP contribution in [0.3, 0.4) is 0 Å². The Morgan fingerprint density at radius 1 is 1.23 bits per heavy atom. The van der Waals surface area contributed by atoms with Gasteiger partial charge >= 0.3 is 0 Å². The smallest absolute Gasteiger partial charge is 0.225 e. The van der Waals surface area contributed by atoms with E-state index in [1.165, 1.54) is 29.3 Å². The zero-order valence-electron chi connectivity index (χ0n) is 17.1. The van der Waals surface area contributed by atoms with Crippen molar-refractivity contribution in [1.82, 2.24) is 19.9 Å². The molecule has 4 aromatic rings. The number of amides is 1. The molecule has 6 nitrogen and oxygen atoms in total. The first-order chi connectivity index (χ1) is 15.0. The molecule has 0 radical (unpaired) electrons. The lowest BCUT2D eigenvalue weighted by molar-refractivity contribution is -0.134. The minimum Gasteiger partial charge on any atom is -0.338 e. The second kappa shape index (κ2) is 7.97. The van der Waals surface area contributed by atoms with E-state index in [4.69, 9.17) is 0 Å². The van der Waals surface area contributed by atoms with Crippen molar-refractivity contribution in [2.75, 3.05) is 18.4 Å². The number of rotatable bonds is 4. The molecule has 0 aliphatic carbocycles. The maximum absolute atomic E-state index is 14.6. The summed E-state index contributed by atoms with van der Waals surface area (Å²) in [6.07, 6.45) is 4.41. The van der Waals surface area contributed by atoms with Crippen molar-refractivity contribution in [1.29, 1.82) is 0 Å².